The summed E-state index contributed by atoms with van der Waals surface area (Å²) in [7, 11) is 1.23. The molecule has 1 aliphatic heterocycles. The number of methoxy groups -OCH3 is 1. The number of nitrogens with two attached hydrogens (primary N) is 1. The van der Waals surface area contributed by atoms with Crippen molar-refractivity contribution in [1.82, 2.24) is 29.8 Å². The van der Waals surface area contributed by atoms with Gasteiger partial charge in [-0.2, -0.15) is 18.3 Å². The summed E-state index contributed by atoms with van der Waals surface area (Å²) in [6, 6.07) is 0.882. The Morgan fingerprint density at radius 3 is 2.59 bits per heavy atom. The third-order valence-electron chi connectivity index (χ3n) is 7.41. The molecule has 16 heteroatoms. The number of alkyl halides is 6. The van der Waals surface area contributed by atoms with E-state index in [1.807, 2.05) is 0 Å². The summed E-state index contributed by atoms with van der Waals surface area (Å²) in [6.07, 6.45) is -6.53. The Kier molecular flexibility index (Phi) is 6.98. The Balaban J connectivity index is 1.44. The van der Waals surface area contributed by atoms with Crippen molar-refractivity contribution >= 4 is 23.1 Å². The van der Waals surface area contributed by atoms with Crippen molar-refractivity contribution in [2.75, 3.05) is 25.9 Å². The van der Waals surface area contributed by atoms with Crippen molar-refractivity contribution in [2.45, 2.75) is 50.5 Å². The minimum atomic E-state index is -4.80. The molecule has 2 amide bonds. The van der Waals surface area contributed by atoms with Crippen LogP contribution < -0.4 is 15.8 Å². The van der Waals surface area contributed by atoms with Gasteiger partial charge in [0.25, 0.3) is 5.91 Å². The molecular formula is C25H25F6N7O3. The summed E-state index contributed by atoms with van der Waals surface area (Å²) >= 11 is 0. The average Bonchev–Trinajstić information content (AvgIpc) is 3.58. The standard InChI is InChI=1S/C25H25F6N7O3/c1-11-13(18-6-15(25(29,30)31)19-20(32)33-10-34-38(18)19)5-14(22(35-11)41-2)21(39)36-17-9-37(8-16(17)26)23(40)12-3-4-24(27,28)7-12/h5-6,10,12,16-17H,3-4,7-9H2,1-2H3,(H,36,39)(H2,32,33,34)/t12?,16-,17+/m0/s1. The van der Waals surface area contributed by atoms with E-state index >= 15 is 0 Å². The average molecular weight is 586 g/mol. The van der Waals surface area contributed by atoms with Gasteiger partial charge in [-0.15, -0.1) is 0 Å². The maximum atomic E-state index is 14.9. The van der Waals surface area contributed by atoms with Crippen molar-refractivity contribution in [1.29, 1.82) is 0 Å². The highest BCUT2D eigenvalue weighted by molar-refractivity contribution is 5.98. The number of hydrogen-bond acceptors (Lipinski definition) is 7. The second-order valence-corrected chi connectivity index (χ2v) is 10.2. The Morgan fingerprint density at radius 1 is 1.22 bits per heavy atom. The van der Waals surface area contributed by atoms with Crippen LogP contribution in [0.4, 0.5) is 32.2 Å². The van der Waals surface area contributed by atoms with Crippen LogP contribution in [0.5, 0.6) is 5.88 Å². The molecule has 1 unspecified atom stereocenters. The van der Waals surface area contributed by atoms with Crippen molar-refractivity contribution in [3.63, 3.8) is 0 Å². The van der Waals surface area contributed by atoms with Crippen molar-refractivity contribution in [3.05, 3.63) is 35.3 Å². The molecule has 3 N–H and O–H groups in total. The van der Waals surface area contributed by atoms with Crippen molar-refractivity contribution in [3.8, 4) is 17.1 Å². The first-order chi connectivity index (χ1) is 19.2. The summed E-state index contributed by atoms with van der Waals surface area (Å²) in [5.41, 5.74) is 4.13. The molecule has 3 atom stereocenters. The van der Waals surface area contributed by atoms with E-state index in [1.165, 1.54) is 20.1 Å². The van der Waals surface area contributed by atoms with Crippen LogP contribution in [-0.2, 0) is 11.0 Å². The molecule has 1 saturated carbocycles. The van der Waals surface area contributed by atoms with Gasteiger partial charge in [0.15, 0.2) is 5.82 Å². The fourth-order valence-electron chi connectivity index (χ4n) is 5.38. The normalized spacial score (nSPS) is 22.3. The third kappa shape index (κ3) is 5.22. The quantitative estimate of drug-likeness (QED) is 0.440. The molecule has 0 bridgehead atoms. The molecule has 10 nitrogen and oxygen atoms in total. The van der Waals surface area contributed by atoms with E-state index in [9.17, 15) is 35.9 Å². The number of aromatic nitrogens is 4. The molecule has 0 aromatic carbocycles. The molecule has 4 heterocycles. The number of nitrogen functional groups attached to an aromatic ring is 1. The van der Waals surface area contributed by atoms with E-state index in [-0.39, 0.29) is 47.9 Å². The van der Waals surface area contributed by atoms with E-state index < -0.39 is 71.8 Å². The van der Waals surface area contributed by atoms with Crippen LogP contribution >= 0.6 is 0 Å². The Labute approximate surface area is 228 Å². The molecule has 2 aliphatic rings. The lowest BCUT2D eigenvalue weighted by molar-refractivity contribution is -0.136. The van der Waals surface area contributed by atoms with Crippen LogP contribution in [0, 0.1) is 12.8 Å². The number of rotatable bonds is 5. The lowest BCUT2D eigenvalue weighted by Crippen LogP contribution is -2.42. The highest BCUT2D eigenvalue weighted by Gasteiger charge is 2.46. The lowest BCUT2D eigenvalue weighted by Gasteiger charge is -2.20. The number of carbonyl (C=O) groups excluding carboxylic acids is 2. The highest BCUT2D eigenvalue weighted by Crippen LogP contribution is 2.41. The summed E-state index contributed by atoms with van der Waals surface area (Å²) in [4.78, 5) is 35.0. The summed E-state index contributed by atoms with van der Waals surface area (Å²) in [6.45, 7) is 0.871. The molecule has 0 radical (unpaired) electrons. The van der Waals surface area contributed by atoms with Gasteiger partial charge < -0.3 is 20.7 Å². The van der Waals surface area contributed by atoms with Crippen LogP contribution in [0.25, 0.3) is 16.8 Å². The van der Waals surface area contributed by atoms with Crippen LogP contribution in [0.15, 0.2) is 18.5 Å². The Bertz CT molecular complexity index is 1530. The van der Waals surface area contributed by atoms with E-state index in [0.29, 0.717) is 0 Å². The maximum absolute atomic E-state index is 14.9. The fourth-order valence-corrected chi connectivity index (χ4v) is 5.38. The van der Waals surface area contributed by atoms with Gasteiger partial charge in [0.05, 0.1) is 36.6 Å². The molecule has 3 aromatic rings. The summed E-state index contributed by atoms with van der Waals surface area (Å²) in [5.74, 6) is -5.92. The number of hydrogen-bond donors (Lipinski definition) is 2. The number of pyridine rings is 1. The second-order valence-electron chi connectivity index (χ2n) is 10.2. The predicted octanol–water partition coefficient (Wildman–Crippen LogP) is 3.42. The number of likely N-dealkylation sites (tertiary alicyclic amines) is 1. The van der Waals surface area contributed by atoms with Crippen LogP contribution in [0.2, 0.25) is 0 Å². The number of amides is 2. The van der Waals surface area contributed by atoms with Gasteiger partial charge in [-0.05, 0) is 25.5 Å². The number of aryl methyl sites for hydroxylation is 1. The summed E-state index contributed by atoms with van der Waals surface area (Å²) in [5, 5.41) is 6.38. The number of ether oxygens (including phenoxy) is 1. The smallest absolute Gasteiger partial charge is 0.418 e. The van der Waals surface area contributed by atoms with E-state index in [2.05, 4.69) is 20.4 Å². The number of fused-ring (bicyclic) bond motifs is 1. The van der Waals surface area contributed by atoms with Gasteiger partial charge in [-0.3, -0.25) is 9.59 Å². The number of halogens is 6. The molecule has 5 rings (SSSR count). The van der Waals surface area contributed by atoms with Gasteiger partial charge in [0, 0.05) is 30.9 Å². The first-order valence-electron chi connectivity index (χ1n) is 12.6. The maximum Gasteiger partial charge on any atom is 0.418 e. The topological polar surface area (TPSA) is 128 Å². The highest BCUT2D eigenvalue weighted by atomic mass is 19.4. The third-order valence-corrected chi connectivity index (χ3v) is 7.41. The first kappa shape index (κ1) is 28.4. The SMILES string of the molecule is COc1nc(C)c(-c2cc(C(F)(F)F)c3c(N)ncnn23)cc1C(=O)N[C@@H]1CN(C(=O)C2CCC(F)(F)C2)C[C@@H]1F. The molecule has 0 spiro atoms. The number of nitrogens with one attached hydrogen (secondary N) is 1. The number of nitrogens with zero attached hydrogens (tertiary/aromatic N) is 5. The number of carbonyl (C=O) groups is 2. The van der Waals surface area contributed by atoms with E-state index in [1.54, 1.807) is 0 Å². The fraction of sp³-hybridized carbons (Fsp3) is 0.480. The lowest BCUT2D eigenvalue weighted by atomic mass is 10.1. The molecule has 1 aliphatic carbocycles. The predicted molar refractivity (Wildman–Crippen MR) is 132 cm³/mol. The van der Waals surface area contributed by atoms with Gasteiger partial charge in [0.2, 0.25) is 17.7 Å². The zero-order valence-corrected chi connectivity index (χ0v) is 21.8. The second kappa shape index (κ2) is 10.1. The molecular weight excluding hydrogens is 560 g/mol. The van der Waals surface area contributed by atoms with Gasteiger partial charge in [-0.25, -0.2) is 27.7 Å². The molecule has 2 fully saturated rings. The minimum absolute atomic E-state index is 0.00757. The molecule has 1 saturated heterocycles. The summed E-state index contributed by atoms with van der Waals surface area (Å²) < 4.78 is 89.7. The van der Waals surface area contributed by atoms with E-state index in [4.69, 9.17) is 10.5 Å². The Hall–Kier alpha value is -4.11. The van der Waals surface area contributed by atoms with Crippen molar-refractivity contribution < 1.29 is 40.7 Å². The van der Waals surface area contributed by atoms with Crippen LogP contribution in [0.3, 0.4) is 0 Å². The minimum Gasteiger partial charge on any atom is -0.480 e. The largest absolute Gasteiger partial charge is 0.480 e. The molecule has 3 aromatic heterocycles. The number of anilines is 1. The molecule has 41 heavy (non-hydrogen) atoms. The van der Waals surface area contributed by atoms with E-state index in [0.717, 1.165) is 21.8 Å². The monoisotopic (exact) mass is 585 g/mol. The van der Waals surface area contributed by atoms with Crippen LogP contribution in [0.1, 0.15) is 40.9 Å². The van der Waals surface area contributed by atoms with Crippen molar-refractivity contribution in [2.24, 2.45) is 5.92 Å². The Morgan fingerprint density at radius 2 is 1.95 bits per heavy atom. The zero-order valence-electron chi connectivity index (χ0n) is 21.8. The van der Waals surface area contributed by atoms with Gasteiger partial charge in [0.1, 0.15) is 23.6 Å². The zero-order chi connectivity index (χ0) is 29.9. The molecule has 220 valence electrons. The van der Waals surface area contributed by atoms with Gasteiger partial charge >= 0.3 is 6.18 Å². The van der Waals surface area contributed by atoms with Gasteiger partial charge in [-0.1, -0.05) is 0 Å². The first-order valence-corrected chi connectivity index (χ1v) is 12.6. The van der Waals surface area contributed by atoms with Crippen LogP contribution in [-0.4, -0.2) is 74.6 Å².